The van der Waals surface area contributed by atoms with Gasteiger partial charge in [0.25, 0.3) is 5.91 Å². The first kappa shape index (κ1) is 11.2. The first-order valence-corrected chi connectivity index (χ1v) is 5.17. The Morgan fingerprint density at radius 2 is 2.24 bits per heavy atom. The van der Waals surface area contributed by atoms with Crippen LogP contribution in [-0.4, -0.2) is 18.5 Å². The van der Waals surface area contributed by atoms with Crippen LogP contribution in [-0.2, 0) is 14.3 Å². The highest BCUT2D eigenvalue weighted by Gasteiger charge is 2.22. The Labute approximate surface area is 98.0 Å². The zero-order valence-electron chi connectivity index (χ0n) is 9.23. The van der Waals surface area contributed by atoms with Gasteiger partial charge in [-0.1, -0.05) is 12.1 Å². The number of rotatable bonds is 2. The Morgan fingerprint density at radius 1 is 1.47 bits per heavy atom. The maximum absolute atomic E-state index is 11.6. The number of carbonyl (C=O) groups is 2. The summed E-state index contributed by atoms with van der Waals surface area (Å²) in [4.78, 5) is 22.8. The molecule has 0 atom stereocenters. The number of para-hydroxylation sites is 2. The number of hydrogen-bond acceptors (Lipinski definition) is 4. The lowest BCUT2D eigenvalue weighted by Gasteiger charge is -2.19. The van der Waals surface area contributed by atoms with Crippen molar-refractivity contribution in [2.75, 3.05) is 11.9 Å². The molecule has 1 aliphatic rings. The second-order valence-electron chi connectivity index (χ2n) is 3.31. The normalized spacial score (nSPS) is 15.8. The average molecular weight is 233 g/mol. The van der Waals surface area contributed by atoms with Crippen LogP contribution in [0.25, 0.3) is 0 Å². The van der Waals surface area contributed by atoms with Crippen molar-refractivity contribution in [2.24, 2.45) is 0 Å². The average Bonchev–Trinajstić information content (AvgIpc) is 2.30. The molecule has 0 spiro atoms. The van der Waals surface area contributed by atoms with Gasteiger partial charge < -0.3 is 14.8 Å². The summed E-state index contributed by atoms with van der Waals surface area (Å²) in [6, 6.07) is 6.98. The lowest BCUT2D eigenvalue weighted by Crippen LogP contribution is -2.24. The predicted octanol–water partition coefficient (Wildman–Crippen LogP) is 1.46. The number of fused-ring (bicyclic) bond motifs is 1. The van der Waals surface area contributed by atoms with Gasteiger partial charge in [0.15, 0.2) is 11.5 Å². The number of esters is 1. The molecule has 1 aliphatic heterocycles. The molecule has 1 aromatic carbocycles. The highest BCUT2D eigenvalue weighted by atomic mass is 16.5. The molecule has 0 radical (unpaired) electrons. The van der Waals surface area contributed by atoms with Crippen LogP contribution in [0.15, 0.2) is 36.1 Å². The Hall–Kier alpha value is -2.30. The molecule has 1 aromatic rings. The van der Waals surface area contributed by atoms with Crippen molar-refractivity contribution in [1.29, 1.82) is 0 Å². The van der Waals surface area contributed by atoms with E-state index < -0.39 is 11.9 Å². The van der Waals surface area contributed by atoms with E-state index in [0.717, 1.165) is 6.08 Å². The van der Waals surface area contributed by atoms with Crippen molar-refractivity contribution in [3.05, 3.63) is 36.1 Å². The van der Waals surface area contributed by atoms with Gasteiger partial charge in [0.05, 0.1) is 18.4 Å². The first-order chi connectivity index (χ1) is 8.20. The molecule has 1 amide bonds. The van der Waals surface area contributed by atoms with Crippen LogP contribution in [0.1, 0.15) is 6.92 Å². The number of ether oxygens (including phenoxy) is 2. The third kappa shape index (κ3) is 2.44. The van der Waals surface area contributed by atoms with E-state index in [9.17, 15) is 9.59 Å². The summed E-state index contributed by atoms with van der Waals surface area (Å²) in [5, 5.41) is 2.62. The van der Waals surface area contributed by atoms with Gasteiger partial charge in [-0.25, -0.2) is 4.79 Å². The molecule has 0 aromatic heterocycles. The second kappa shape index (κ2) is 4.69. The molecule has 0 saturated heterocycles. The summed E-state index contributed by atoms with van der Waals surface area (Å²) in [5.41, 5.74) is 0.582. The molecule has 0 saturated carbocycles. The Kier molecular flexibility index (Phi) is 3.09. The minimum absolute atomic E-state index is 0.0675. The van der Waals surface area contributed by atoms with Crippen LogP contribution in [0.2, 0.25) is 0 Å². The molecule has 0 fully saturated rings. The Morgan fingerprint density at radius 3 is 3.00 bits per heavy atom. The molecule has 88 valence electrons. The molecular weight excluding hydrogens is 222 g/mol. The van der Waals surface area contributed by atoms with E-state index in [1.54, 1.807) is 31.2 Å². The summed E-state index contributed by atoms with van der Waals surface area (Å²) >= 11 is 0. The molecule has 1 N–H and O–H groups in total. The van der Waals surface area contributed by atoms with E-state index in [-0.39, 0.29) is 12.4 Å². The second-order valence-corrected chi connectivity index (χ2v) is 3.31. The van der Waals surface area contributed by atoms with Crippen molar-refractivity contribution in [2.45, 2.75) is 6.92 Å². The van der Waals surface area contributed by atoms with Gasteiger partial charge in [0, 0.05) is 0 Å². The summed E-state index contributed by atoms with van der Waals surface area (Å²) in [5.74, 6) is -0.626. The van der Waals surface area contributed by atoms with Crippen LogP contribution in [0.3, 0.4) is 0 Å². The topological polar surface area (TPSA) is 64.6 Å². The van der Waals surface area contributed by atoms with Crippen molar-refractivity contribution >= 4 is 17.6 Å². The standard InChI is InChI=1S/C12H11NO4/c1-2-16-11(14)7-10-12(15)13-8-5-3-4-6-9(8)17-10/h3-7H,2H2,1H3,(H,13,15)/b10-7+. The minimum Gasteiger partial charge on any atom is -0.463 e. The number of benzene rings is 1. The summed E-state index contributed by atoms with van der Waals surface area (Å²) in [7, 11) is 0. The molecule has 1 heterocycles. The van der Waals surface area contributed by atoms with Gasteiger partial charge >= 0.3 is 5.97 Å². The van der Waals surface area contributed by atoms with E-state index in [2.05, 4.69) is 5.32 Å². The van der Waals surface area contributed by atoms with Gasteiger partial charge in [-0.2, -0.15) is 0 Å². The van der Waals surface area contributed by atoms with E-state index >= 15 is 0 Å². The van der Waals surface area contributed by atoms with Gasteiger partial charge in [-0.05, 0) is 19.1 Å². The van der Waals surface area contributed by atoms with E-state index in [1.807, 2.05) is 0 Å². The third-order valence-corrected chi connectivity index (χ3v) is 2.11. The molecule has 5 heteroatoms. The van der Waals surface area contributed by atoms with Crippen molar-refractivity contribution in [3.63, 3.8) is 0 Å². The summed E-state index contributed by atoms with van der Waals surface area (Å²) in [6.07, 6.45) is 1.04. The number of anilines is 1. The highest BCUT2D eigenvalue weighted by Crippen LogP contribution is 2.29. The van der Waals surface area contributed by atoms with Gasteiger partial charge in [0.2, 0.25) is 0 Å². The quantitative estimate of drug-likeness (QED) is 0.620. The fraction of sp³-hybridized carbons (Fsp3) is 0.167. The van der Waals surface area contributed by atoms with Crippen LogP contribution < -0.4 is 10.1 Å². The van der Waals surface area contributed by atoms with E-state index in [4.69, 9.17) is 9.47 Å². The van der Waals surface area contributed by atoms with Crippen LogP contribution in [0.4, 0.5) is 5.69 Å². The third-order valence-electron chi connectivity index (χ3n) is 2.11. The molecule has 0 unspecified atom stereocenters. The minimum atomic E-state index is -0.600. The Bertz CT molecular complexity index is 493. The first-order valence-electron chi connectivity index (χ1n) is 5.17. The van der Waals surface area contributed by atoms with Crippen molar-refractivity contribution < 1.29 is 19.1 Å². The fourth-order valence-electron chi connectivity index (χ4n) is 1.39. The van der Waals surface area contributed by atoms with Crippen LogP contribution >= 0.6 is 0 Å². The van der Waals surface area contributed by atoms with Gasteiger partial charge in [-0.15, -0.1) is 0 Å². The smallest absolute Gasteiger partial charge is 0.334 e. The molecule has 0 aliphatic carbocycles. The maximum atomic E-state index is 11.6. The molecular formula is C12H11NO4. The lowest BCUT2D eigenvalue weighted by molar-refractivity contribution is -0.137. The number of carbonyl (C=O) groups excluding carboxylic acids is 2. The van der Waals surface area contributed by atoms with E-state index in [0.29, 0.717) is 11.4 Å². The lowest BCUT2D eigenvalue weighted by atomic mass is 10.2. The van der Waals surface area contributed by atoms with Crippen molar-refractivity contribution in [3.8, 4) is 5.75 Å². The largest absolute Gasteiger partial charge is 0.463 e. The van der Waals surface area contributed by atoms with Gasteiger partial charge in [0.1, 0.15) is 0 Å². The number of amides is 1. The zero-order valence-corrected chi connectivity index (χ0v) is 9.23. The SMILES string of the molecule is CCOC(=O)/C=C1/Oc2ccccc2NC1=O. The van der Waals surface area contributed by atoms with E-state index in [1.165, 1.54) is 0 Å². The number of hydrogen-bond donors (Lipinski definition) is 1. The summed E-state index contributed by atoms with van der Waals surface area (Å²) in [6.45, 7) is 1.94. The fourth-order valence-corrected chi connectivity index (χ4v) is 1.39. The predicted molar refractivity (Wildman–Crippen MR) is 60.4 cm³/mol. The zero-order chi connectivity index (χ0) is 12.3. The molecule has 2 rings (SSSR count). The highest BCUT2D eigenvalue weighted by molar-refractivity contribution is 6.08. The monoisotopic (exact) mass is 233 g/mol. The maximum Gasteiger partial charge on any atom is 0.334 e. The van der Waals surface area contributed by atoms with Crippen LogP contribution in [0, 0.1) is 0 Å². The molecule has 0 bridgehead atoms. The molecule has 5 nitrogen and oxygen atoms in total. The van der Waals surface area contributed by atoms with Crippen LogP contribution in [0.5, 0.6) is 5.75 Å². The molecule has 17 heavy (non-hydrogen) atoms. The number of nitrogens with one attached hydrogen (secondary N) is 1. The summed E-state index contributed by atoms with van der Waals surface area (Å²) < 4.78 is 10.0. The van der Waals surface area contributed by atoms with Crippen molar-refractivity contribution in [1.82, 2.24) is 0 Å². The Balaban J connectivity index is 2.23. The van der Waals surface area contributed by atoms with Gasteiger partial charge in [-0.3, -0.25) is 4.79 Å².